The zero-order valence-electron chi connectivity index (χ0n) is 11.8. The minimum atomic E-state index is -0.135. The molecular formula is C14H18Cl2N2O2. The monoisotopic (exact) mass is 316 g/mol. The molecule has 4 nitrogen and oxygen atoms in total. The molecule has 0 aliphatic heterocycles. The summed E-state index contributed by atoms with van der Waals surface area (Å²) in [6.07, 6.45) is 0. The summed E-state index contributed by atoms with van der Waals surface area (Å²) >= 11 is 11.8. The number of amides is 2. The molecule has 0 atom stereocenters. The number of rotatable bonds is 5. The first-order valence-corrected chi connectivity index (χ1v) is 7.04. The fourth-order valence-corrected chi connectivity index (χ4v) is 1.97. The summed E-state index contributed by atoms with van der Waals surface area (Å²) < 4.78 is 0. The maximum atomic E-state index is 12.1. The van der Waals surface area contributed by atoms with Crippen molar-refractivity contribution < 1.29 is 9.59 Å². The highest BCUT2D eigenvalue weighted by atomic mass is 35.5. The van der Waals surface area contributed by atoms with E-state index in [1.165, 1.54) is 11.8 Å². The highest BCUT2D eigenvalue weighted by Crippen LogP contribution is 2.23. The summed E-state index contributed by atoms with van der Waals surface area (Å²) in [6.45, 7) is 4.40. The van der Waals surface area contributed by atoms with Gasteiger partial charge in [0, 0.05) is 27.1 Å². The molecule has 0 saturated heterocycles. The predicted molar refractivity (Wildman–Crippen MR) is 80.9 cm³/mol. The fraction of sp³-hybridized carbons (Fsp3) is 0.429. The van der Waals surface area contributed by atoms with Gasteiger partial charge in [0.2, 0.25) is 11.8 Å². The van der Waals surface area contributed by atoms with Crippen molar-refractivity contribution in [2.24, 2.45) is 0 Å². The van der Waals surface area contributed by atoms with Gasteiger partial charge in [0.15, 0.2) is 0 Å². The Morgan fingerprint density at radius 1 is 1.20 bits per heavy atom. The van der Waals surface area contributed by atoms with Gasteiger partial charge in [-0.05, 0) is 24.6 Å². The molecule has 1 aromatic rings. The van der Waals surface area contributed by atoms with E-state index in [-0.39, 0.29) is 18.4 Å². The van der Waals surface area contributed by atoms with Crippen LogP contribution in [0.4, 0.5) is 0 Å². The Bertz CT molecular complexity index is 506. The molecule has 110 valence electrons. The molecule has 0 aromatic heterocycles. The number of nitrogens with zero attached hydrogens (tertiary/aromatic N) is 2. The summed E-state index contributed by atoms with van der Waals surface area (Å²) in [7, 11) is 1.60. The van der Waals surface area contributed by atoms with Crippen molar-refractivity contribution in [3.8, 4) is 0 Å². The van der Waals surface area contributed by atoms with E-state index in [1.54, 1.807) is 24.1 Å². The van der Waals surface area contributed by atoms with Crippen LogP contribution < -0.4 is 0 Å². The van der Waals surface area contributed by atoms with Crippen molar-refractivity contribution in [2.75, 3.05) is 20.1 Å². The molecule has 20 heavy (non-hydrogen) atoms. The van der Waals surface area contributed by atoms with Crippen LogP contribution in [0.2, 0.25) is 10.0 Å². The van der Waals surface area contributed by atoms with E-state index >= 15 is 0 Å². The number of benzene rings is 1. The molecule has 0 aliphatic rings. The molecule has 0 spiro atoms. The molecule has 1 aromatic carbocycles. The lowest BCUT2D eigenvalue weighted by Gasteiger charge is -2.24. The Hall–Kier alpha value is -1.26. The molecule has 0 N–H and O–H groups in total. The van der Waals surface area contributed by atoms with Gasteiger partial charge in [0.1, 0.15) is 0 Å². The third-order valence-corrected chi connectivity index (χ3v) is 3.74. The summed E-state index contributed by atoms with van der Waals surface area (Å²) in [4.78, 5) is 26.3. The molecule has 0 aliphatic carbocycles. The second kappa shape index (κ2) is 7.50. The zero-order chi connectivity index (χ0) is 15.3. The second-order valence-corrected chi connectivity index (χ2v) is 5.35. The van der Waals surface area contributed by atoms with E-state index < -0.39 is 0 Å². The van der Waals surface area contributed by atoms with Crippen LogP contribution in [0, 0.1) is 0 Å². The van der Waals surface area contributed by atoms with Gasteiger partial charge in [0.25, 0.3) is 0 Å². The highest BCUT2D eigenvalue weighted by Gasteiger charge is 2.16. The number of hydrogen-bond donors (Lipinski definition) is 0. The number of hydrogen-bond acceptors (Lipinski definition) is 2. The van der Waals surface area contributed by atoms with Crippen LogP contribution in [-0.2, 0) is 16.1 Å². The van der Waals surface area contributed by atoms with Crippen LogP contribution in [0.25, 0.3) is 0 Å². The Balaban J connectivity index is 2.73. The smallest absolute Gasteiger partial charge is 0.242 e. The van der Waals surface area contributed by atoms with Crippen molar-refractivity contribution in [3.63, 3.8) is 0 Å². The van der Waals surface area contributed by atoms with Crippen molar-refractivity contribution in [2.45, 2.75) is 20.4 Å². The van der Waals surface area contributed by atoms with Crippen molar-refractivity contribution >= 4 is 35.0 Å². The summed E-state index contributed by atoms with van der Waals surface area (Å²) in [5, 5.41) is 0.953. The lowest BCUT2D eigenvalue weighted by Crippen LogP contribution is -2.40. The van der Waals surface area contributed by atoms with Crippen LogP contribution in [0.15, 0.2) is 18.2 Å². The molecular weight excluding hydrogens is 299 g/mol. The van der Waals surface area contributed by atoms with Gasteiger partial charge in [-0.25, -0.2) is 0 Å². The quantitative estimate of drug-likeness (QED) is 0.838. The third kappa shape index (κ3) is 4.69. The minimum absolute atomic E-state index is 0.0739. The summed E-state index contributed by atoms with van der Waals surface area (Å²) in [6, 6.07) is 5.28. The van der Waals surface area contributed by atoms with Crippen LogP contribution in [0.5, 0.6) is 0 Å². The first-order chi connectivity index (χ1) is 9.35. The molecule has 0 radical (unpaired) electrons. The fourth-order valence-electron chi connectivity index (χ4n) is 1.65. The van der Waals surface area contributed by atoms with E-state index in [0.717, 1.165) is 5.56 Å². The molecule has 0 fully saturated rings. The second-order valence-electron chi connectivity index (χ2n) is 4.53. The van der Waals surface area contributed by atoms with Crippen molar-refractivity contribution in [3.05, 3.63) is 33.8 Å². The predicted octanol–water partition coefficient (Wildman–Crippen LogP) is 2.82. The van der Waals surface area contributed by atoms with Gasteiger partial charge in [0.05, 0.1) is 16.6 Å². The molecule has 0 heterocycles. The summed E-state index contributed by atoms with van der Waals surface area (Å²) in [5.74, 6) is -0.236. The standard InChI is InChI=1S/C14H18Cl2N2O2/c1-4-18(14(20)9-17(3)10(2)19)8-11-5-6-12(15)13(16)7-11/h5-7H,4,8-9H2,1-3H3. The lowest BCUT2D eigenvalue weighted by atomic mass is 10.2. The maximum Gasteiger partial charge on any atom is 0.242 e. The number of carbonyl (C=O) groups excluding carboxylic acids is 2. The molecule has 0 saturated carbocycles. The van der Waals surface area contributed by atoms with E-state index in [1.807, 2.05) is 13.0 Å². The molecule has 0 unspecified atom stereocenters. The Labute approximate surface area is 129 Å². The van der Waals surface area contributed by atoms with Gasteiger partial charge in [-0.1, -0.05) is 29.3 Å². The Kier molecular flexibility index (Phi) is 6.30. The zero-order valence-corrected chi connectivity index (χ0v) is 13.3. The first kappa shape index (κ1) is 16.8. The van der Waals surface area contributed by atoms with Crippen LogP contribution in [0.3, 0.4) is 0 Å². The molecule has 6 heteroatoms. The first-order valence-electron chi connectivity index (χ1n) is 6.28. The van der Waals surface area contributed by atoms with Crippen LogP contribution >= 0.6 is 23.2 Å². The van der Waals surface area contributed by atoms with Crippen LogP contribution in [0.1, 0.15) is 19.4 Å². The highest BCUT2D eigenvalue weighted by molar-refractivity contribution is 6.42. The van der Waals surface area contributed by atoms with Crippen LogP contribution in [-0.4, -0.2) is 41.8 Å². The Morgan fingerprint density at radius 2 is 1.85 bits per heavy atom. The van der Waals surface area contributed by atoms with E-state index in [0.29, 0.717) is 23.1 Å². The van der Waals surface area contributed by atoms with Gasteiger partial charge < -0.3 is 9.80 Å². The number of halogens is 2. The Morgan fingerprint density at radius 3 is 2.35 bits per heavy atom. The third-order valence-electron chi connectivity index (χ3n) is 3.00. The van der Waals surface area contributed by atoms with Gasteiger partial charge in [-0.3, -0.25) is 9.59 Å². The molecule has 0 bridgehead atoms. The van der Waals surface area contributed by atoms with Gasteiger partial charge >= 0.3 is 0 Å². The maximum absolute atomic E-state index is 12.1. The molecule has 2 amide bonds. The average Bonchev–Trinajstić information content (AvgIpc) is 2.39. The van der Waals surface area contributed by atoms with E-state index in [9.17, 15) is 9.59 Å². The minimum Gasteiger partial charge on any atom is -0.337 e. The SMILES string of the molecule is CCN(Cc1ccc(Cl)c(Cl)c1)C(=O)CN(C)C(C)=O. The number of carbonyl (C=O) groups is 2. The van der Waals surface area contributed by atoms with Crippen molar-refractivity contribution in [1.82, 2.24) is 9.80 Å². The van der Waals surface area contributed by atoms with E-state index in [2.05, 4.69) is 0 Å². The normalized spacial score (nSPS) is 10.2. The number of likely N-dealkylation sites (N-methyl/N-ethyl adjacent to an activating group) is 2. The van der Waals surface area contributed by atoms with E-state index in [4.69, 9.17) is 23.2 Å². The van der Waals surface area contributed by atoms with Gasteiger partial charge in [-0.2, -0.15) is 0 Å². The molecule has 1 rings (SSSR count). The summed E-state index contributed by atoms with van der Waals surface area (Å²) in [5.41, 5.74) is 0.903. The lowest BCUT2D eigenvalue weighted by molar-refractivity contribution is -0.138. The van der Waals surface area contributed by atoms with Gasteiger partial charge in [-0.15, -0.1) is 0 Å². The van der Waals surface area contributed by atoms with Crippen molar-refractivity contribution in [1.29, 1.82) is 0 Å². The topological polar surface area (TPSA) is 40.6 Å². The average molecular weight is 317 g/mol. The largest absolute Gasteiger partial charge is 0.337 e.